The average Bonchev–Trinajstić information content (AvgIpc) is 3.05. The zero-order valence-corrected chi connectivity index (χ0v) is 17.7. The van der Waals surface area contributed by atoms with Crippen LogP contribution in [0.3, 0.4) is 0 Å². The van der Waals surface area contributed by atoms with E-state index in [0.29, 0.717) is 16.9 Å². The van der Waals surface area contributed by atoms with Crippen LogP contribution in [-0.4, -0.2) is 44.3 Å². The van der Waals surface area contributed by atoms with Crippen LogP contribution >= 0.6 is 11.8 Å². The number of alkyl halides is 2. The van der Waals surface area contributed by atoms with Crippen LogP contribution in [0.4, 0.5) is 8.78 Å². The molecule has 1 fully saturated rings. The molecule has 0 bridgehead atoms. The van der Waals surface area contributed by atoms with Gasteiger partial charge in [0.1, 0.15) is 5.75 Å². The Balaban J connectivity index is 1.74. The van der Waals surface area contributed by atoms with E-state index >= 15 is 0 Å². The van der Waals surface area contributed by atoms with E-state index in [1.54, 1.807) is 34.6 Å². The first-order valence-electron chi connectivity index (χ1n) is 9.60. The topological polar surface area (TPSA) is 69.0 Å². The molecule has 1 aromatic carbocycles. The van der Waals surface area contributed by atoms with Crippen LogP contribution in [-0.2, 0) is 0 Å². The molecule has 9 heteroatoms. The van der Waals surface area contributed by atoms with Crippen LogP contribution in [0.1, 0.15) is 42.7 Å². The minimum atomic E-state index is -2.91. The molecule has 158 valence electrons. The number of hydrogen-bond donors (Lipinski definition) is 1. The molecule has 0 aliphatic carbocycles. The number of hydrogen-bond acceptors (Lipinski definition) is 5. The van der Waals surface area contributed by atoms with Crippen molar-refractivity contribution in [2.24, 2.45) is 0 Å². The van der Waals surface area contributed by atoms with E-state index in [-0.39, 0.29) is 23.1 Å². The average molecular weight is 432 g/mol. The van der Waals surface area contributed by atoms with Crippen molar-refractivity contribution in [3.8, 4) is 11.4 Å². The summed E-state index contributed by atoms with van der Waals surface area (Å²) in [7, 11) is 0. The van der Waals surface area contributed by atoms with Gasteiger partial charge in [0.2, 0.25) is 0 Å². The van der Waals surface area contributed by atoms with Crippen LogP contribution in [0, 0.1) is 0 Å². The van der Waals surface area contributed by atoms with Crippen molar-refractivity contribution in [1.29, 1.82) is 0 Å². The normalized spacial score (nSPS) is 15.4. The molecule has 0 radical (unpaired) electrons. The molecule has 1 aliphatic rings. The lowest BCUT2D eigenvalue weighted by molar-refractivity contribution is -0.0498. The first kappa shape index (κ1) is 20.6. The van der Waals surface area contributed by atoms with Crippen LogP contribution < -0.4 is 10.1 Å². The molecule has 0 spiro atoms. The standard InChI is InChI=1S/C21H22F2N4O2S/c1-12(2)17-16-7-13(19(28)25-21(3)10-30-11-21)9-24-18(16)27(26-17)14-5-4-6-15(8-14)29-20(22)23/h4-9,12,20H,10-11H2,1-3H3,(H,25,28). The second kappa shape index (κ2) is 7.86. The maximum absolute atomic E-state index is 12.7. The molecule has 4 rings (SSSR count). The molecule has 1 aliphatic heterocycles. The summed E-state index contributed by atoms with van der Waals surface area (Å²) in [4.78, 5) is 17.2. The number of fused-ring (bicyclic) bond motifs is 1. The third-order valence-electron chi connectivity index (χ3n) is 4.90. The predicted octanol–water partition coefficient (Wildman–Crippen LogP) is 4.38. The summed E-state index contributed by atoms with van der Waals surface area (Å²) in [5.41, 5.74) is 2.16. The van der Waals surface area contributed by atoms with Gasteiger partial charge in [-0.25, -0.2) is 9.67 Å². The number of carbonyl (C=O) groups is 1. The number of ether oxygens (including phenoxy) is 1. The quantitative estimate of drug-likeness (QED) is 0.626. The zero-order chi connectivity index (χ0) is 21.5. The van der Waals surface area contributed by atoms with Crippen molar-refractivity contribution in [3.05, 3.63) is 47.8 Å². The smallest absolute Gasteiger partial charge is 0.387 e. The minimum absolute atomic E-state index is 0.0415. The first-order chi connectivity index (χ1) is 14.3. The van der Waals surface area contributed by atoms with E-state index in [4.69, 9.17) is 0 Å². The zero-order valence-electron chi connectivity index (χ0n) is 16.9. The van der Waals surface area contributed by atoms with Gasteiger partial charge in [-0.3, -0.25) is 4.79 Å². The summed E-state index contributed by atoms with van der Waals surface area (Å²) < 4.78 is 31.3. The van der Waals surface area contributed by atoms with Gasteiger partial charge in [0.25, 0.3) is 5.91 Å². The van der Waals surface area contributed by atoms with E-state index in [1.807, 2.05) is 20.8 Å². The van der Waals surface area contributed by atoms with Crippen molar-refractivity contribution in [2.45, 2.75) is 38.8 Å². The highest BCUT2D eigenvalue weighted by atomic mass is 32.2. The van der Waals surface area contributed by atoms with Crippen LogP contribution in [0.5, 0.6) is 5.75 Å². The number of benzene rings is 1. The molecule has 3 aromatic rings. The number of nitrogens with one attached hydrogen (secondary N) is 1. The number of nitrogens with zero attached hydrogens (tertiary/aromatic N) is 3. The number of rotatable bonds is 6. The third kappa shape index (κ3) is 3.98. The van der Waals surface area contributed by atoms with E-state index in [9.17, 15) is 13.6 Å². The predicted molar refractivity (Wildman–Crippen MR) is 113 cm³/mol. The fourth-order valence-electron chi connectivity index (χ4n) is 3.37. The highest BCUT2D eigenvalue weighted by Gasteiger charge is 2.34. The molecule has 1 N–H and O–H groups in total. The molecular weight excluding hydrogens is 410 g/mol. The van der Waals surface area contributed by atoms with Gasteiger partial charge >= 0.3 is 6.61 Å². The summed E-state index contributed by atoms with van der Waals surface area (Å²) >= 11 is 1.79. The van der Waals surface area contributed by atoms with Crippen molar-refractivity contribution in [3.63, 3.8) is 0 Å². The number of pyridine rings is 1. The lowest BCUT2D eigenvalue weighted by atomic mass is 10.0. The van der Waals surface area contributed by atoms with E-state index < -0.39 is 6.61 Å². The number of halogens is 2. The Kier molecular flexibility index (Phi) is 5.40. The number of aromatic nitrogens is 3. The SMILES string of the molecule is CC(C)c1nn(-c2cccc(OC(F)F)c2)c2ncc(C(=O)NC3(C)CSC3)cc12. The highest BCUT2D eigenvalue weighted by molar-refractivity contribution is 8.00. The summed E-state index contributed by atoms with van der Waals surface area (Å²) in [5.74, 6) is 1.73. The van der Waals surface area contributed by atoms with E-state index in [1.165, 1.54) is 18.3 Å². The summed E-state index contributed by atoms with van der Waals surface area (Å²) in [6.07, 6.45) is 1.52. The molecule has 0 saturated carbocycles. The van der Waals surface area contributed by atoms with Crippen LogP contribution in [0.15, 0.2) is 36.5 Å². The van der Waals surface area contributed by atoms with Gasteiger partial charge < -0.3 is 10.1 Å². The fraction of sp³-hybridized carbons (Fsp3) is 0.381. The van der Waals surface area contributed by atoms with Gasteiger partial charge in [0, 0.05) is 29.2 Å². The maximum Gasteiger partial charge on any atom is 0.387 e. The second-order valence-electron chi connectivity index (χ2n) is 7.93. The van der Waals surface area contributed by atoms with Crippen molar-refractivity contribution in [1.82, 2.24) is 20.1 Å². The van der Waals surface area contributed by atoms with Crippen molar-refractivity contribution >= 4 is 28.7 Å². The second-order valence-corrected chi connectivity index (χ2v) is 8.92. The molecule has 0 unspecified atom stereocenters. The Morgan fingerprint density at radius 1 is 1.30 bits per heavy atom. The van der Waals surface area contributed by atoms with Gasteiger partial charge in [-0.05, 0) is 31.0 Å². The monoisotopic (exact) mass is 432 g/mol. The van der Waals surface area contributed by atoms with E-state index in [2.05, 4.69) is 20.1 Å². The fourth-order valence-corrected chi connectivity index (χ4v) is 4.33. The van der Waals surface area contributed by atoms with Gasteiger partial charge in [-0.2, -0.15) is 25.6 Å². The lowest BCUT2D eigenvalue weighted by Gasteiger charge is -2.38. The van der Waals surface area contributed by atoms with Crippen molar-refractivity contribution < 1.29 is 18.3 Å². The highest BCUT2D eigenvalue weighted by Crippen LogP contribution is 2.30. The number of carbonyl (C=O) groups excluding carboxylic acids is 1. The Bertz CT molecular complexity index is 1100. The van der Waals surface area contributed by atoms with Gasteiger partial charge in [0.05, 0.1) is 22.5 Å². The first-order valence-corrected chi connectivity index (χ1v) is 10.8. The molecular formula is C21H22F2N4O2S. The van der Waals surface area contributed by atoms with Crippen molar-refractivity contribution in [2.75, 3.05) is 11.5 Å². The Labute approximate surface area is 177 Å². The van der Waals surface area contributed by atoms with E-state index in [0.717, 1.165) is 22.6 Å². The largest absolute Gasteiger partial charge is 0.435 e. The summed E-state index contributed by atoms with van der Waals surface area (Å²) in [6, 6.07) is 8.10. The third-order valence-corrected chi connectivity index (χ3v) is 6.59. The van der Waals surface area contributed by atoms with Crippen LogP contribution in [0.25, 0.3) is 16.7 Å². The molecule has 1 amide bonds. The Hall–Kier alpha value is -2.68. The molecule has 1 saturated heterocycles. The Morgan fingerprint density at radius 2 is 2.07 bits per heavy atom. The molecule has 30 heavy (non-hydrogen) atoms. The van der Waals surface area contributed by atoms with Gasteiger partial charge in [0.15, 0.2) is 5.65 Å². The molecule has 6 nitrogen and oxygen atoms in total. The summed E-state index contributed by atoms with van der Waals surface area (Å²) in [6.45, 7) is 3.12. The molecule has 2 aromatic heterocycles. The lowest BCUT2D eigenvalue weighted by Crippen LogP contribution is -2.55. The molecule has 3 heterocycles. The number of thioether (sulfide) groups is 1. The maximum atomic E-state index is 12.7. The van der Waals surface area contributed by atoms with Gasteiger partial charge in [-0.1, -0.05) is 19.9 Å². The van der Waals surface area contributed by atoms with Gasteiger partial charge in [-0.15, -0.1) is 0 Å². The molecule has 0 atom stereocenters. The van der Waals surface area contributed by atoms with Crippen LogP contribution in [0.2, 0.25) is 0 Å². The Morgan fingerprint density at radius 3 is 2.70 bits per heavy atom. The minimum Gasteiger partial charge on any atom is -0.435 e. The summed E-state index contributed by atoms with van der Waals surface area (Å²) in [5, 5.41) is 8.49. The number of amides is 1.